The molecule has 0 aliphatic carbocycles. The van der Waals surface area contributed by atoms with E-state index in [0.29, 0.717) is 28.0 Å². The van der Waals surface area contributed by atoms with Crippen LogP contribution in [0.25, 0.3) is 22.3 Å². The van der Waals surface area contributed by atoms with Crippen LogP contribution in [0.2, 0.25) is 0 Å². The molecule has 3 aromatic carbocycles. The summed E-state index contributed by atoms with van der Waals surface area (Å²) >= 11 is 0. The van der Waals surface area contributed by atoms with Crippen LogP contribution < -0.4 is 16.4 Å². The van der Waals surface area contributed by atoms with Crippen molar-refractivity contribution in [1.29, 1.82) is 5.26 Å². The molecule has 176 valence electrons. The number of H-pyrrole nitrogens is 2. The smallest absolute Gasteiger partial charge is 0.349 e. The van der Waals surface area contributed by atoms with Gasteiger partial charge in [-0.25, -0.2) is 4.79 Å². The zero-order valence-electron chi connectivity index (χ0n) is 18.7. The SMILES string of the molecule is N#Cc1ccc(NC(=O)c2cc3cccc(NC(=O)Cc4ccccc4)c3[nH]2)c(-c2noc(=O)[nH]2)c1. The van der Waals surface area contributed by atoms with Crippen molar-refractivity contribution in [2.45, 2.75) is 6.42 Å². The summed E-state index contributed by atoms with van der Waals surface area (Å²) in [5, 5.41) is 19.3. The number of rotatable bonds is 6. The molecule has 10 heteroatoms. The molecule has 0 atom stereocenters. The van der Waals surface area contributed by atoms with E-state index in [1.807, 2.05) is 42.5 Å². The number of nitriles is 1. The molecule has 0 unspecified atom stereocenters. The van der Waals surface area contributed by atoms with Crippen molar-refractivity contribution in [2.75, 3.05) is 10.6 Å². The zero-order chi connectivity index (χ0) is 25.1. The first kappa shape index (κ1) is 22.4. The standard InChI is InChI=1S/C26H18N6O4/c27-14-16-9-10-19(18(11-16)24-31-26(35)36-32-24)30-25(34)21-13-17-7-4-8-20(23(17)29-21)28-22(33)12-15-5-2-1-3-6-15/h1-11,13,29H,12H2,(H,28,33)(H,30,34)(H,31,32,35). The third-order valence-corrected chi connectivity index (χ3v) is 5.47. The number of aromatic amines is 2. The van der Waals surface area contributed by atoms with E-state index in [0.717, 1.165) is 10.9 Å². The molecule has 5 aromatic rings. The molecule has 2 aromatic heterocycles. The van der Waals surface area contributed by atoms with Crippen molar-refractivity contribution in [3.05, 3.63) is 100 Å². The Morgan fingerprint density at radius 2 is 1.78 bits per heavy atom. The fourth-order valence-corrected chi connectivity index (χ4v) is 3.81. The number of carbonyl (C=O) groups is 2. The van der Waals surface area contributed by atoms with Gasteiger partial charge in [-0.1, -0.05) is 47.6 Å². The molecule has 0 bridgehead atoms. The van der Waals surface area contributed by atoms with Gasteiger partial charge in [0.05, 0.1) is 34.9 Å². The van der Waals surface area contributed by atoms with E-state index < -0.39 is 11.7 Å². The van der Waals surface area contributed by atoms with E-state index in [2.05, 4.69) is 30.3 Å². The van der Waals surface area contributed by atoms with Gasteiger partial charge < -0.3 is 15.6 Å². The van der Waals surface area contributed by atoms with Crippen LogP contribution in [0, 0.1) is 11.3 Å². The van der Waals surface area contributed by atoms with E-state index in [9.17, 15) is 19.6 Å². The number of nitrogens with zero attached hydrogens (tertiary/aromatic N) is 2. The second kappa shape index (κ2) is 9.44. The number of nitrogens with one attached hydrogen (secondary N) is 4. The van der Waals surface area contributed by atoms with E-state index in [1.165, 1.54) is 18.2 Å². The summed E-state index contributed by atoms with van der Waals surface area (Å²) in [7, 11) is 0. The largest absolute Gasteiger partial charge is 0.439 e. The molecule has 2 amide bonds. The lowest BCUT2D eigenvalue weighted by atomic mass is 10.1. The van der Waals surface area contributed by atoms with Crippen LogP contribution in [-0.2, 0) is 11.2 Å². The first-order valence-electron chi connectivity index (χ1n) is 10.9. The molecule has 0 aliphatic heterocycles. The second-order valence-corrected chi connectivity index (χ2v) is 7.93. The van der Waals surface area contributed by atoms with Crippen LogP contribution in [0.3, 0.4) is 0 Å². The summed E-state index contributed by atoms with van der Waals surface area (Å²) in [4.78, 5) is 42.6. The average molecular weight is 478 g/mol. The molecule has 0 saturated heterocycles. The number of carbonyl (C=O) groups excluding carboxylic acids is 2. The average Bonchev–Trinajstić information content (AvgIpc) is 3.52. The summed E-state index contributed by atoms with van der Waals surface area (Å²) in [5.74, 6) is -1.34. The van der Waals surface area contributed by atoms with Crippen molar-refractivity contribution in [2.24, 2.45) is 0 Å². The fraction of sp³-hybridized carbons (Fsp3) is 0.0385. The molecule has 2 heterocycles. The van der Waals surface area contributed by atoms with Crippen LogP contribution in [0.4, 0.5) is 11.4 Å². The van der Waals surface area contributed by atoms with Crippen LogP contribution in [0.5, 0.6) is 0 Å². The first-order valence-corrected chi connectivity index (χ1v) is 10.9. The fourth-order valence-electron chi connectivity index (χ4n) is 3.81. The van der Waals surface area contributed by atoms with Gasteiger partial charge in [-0.15, -0.1) is 0 Å². The number of hydrogen-bond acceptors (Lipinski definition) is 6. The maximum absolute atomic E-state index is 13.1. The highest BCUT2D eigenvalue weighted by atomic mass is 16.5. The molecule has 0 radical (unpaired) electrons. The highest BCUT2D eigenvalue weighted by Gasteiger charge is 2.17. The second-order valence-electron chi connectivity index (χ2n) is 7.93. The van der Waals surface area contributed by atoms with Gasteiger partial charge in [0.1, 0.15) is 5.69 Å². The lowest BCUT2D eigenvalue weighted by Gasteiger charge is -2.09. The molecular weight excluding hydrogens is 460 g/mol. The highest BCUT2D eigenvalue weighted by molar-refractivity contribution is 6.09. The molecule has 5 rings (SSSR count). The van der Waals surface area contributed by atoms with Crippen LogP contribution in [-0.4, -0.2) is 26.9 Å². The number of fused-ring (bicyclic) bond motifs is 1. The van der Waals surface area contributed by atoms with E-state index >= 15 is 0 Å². The Morgan fingerprint density at radius 1 is 0.944 bits per heavy atom. The summed E-state index contributed by atoms with van der Waals surface area (Å²) in [6, 6.07) is 23.0. The molecular formula is C26H18N6O4. The molecule has 10 nitrogen and oxygen atoms in total. The van der Waals surface area contributed by atoms with Gasteiger partial charge in [-0.2, -0.15) is 5.26 Å². The number of para-hydroxylation sites is 1. The normalized spacial score (nSPS) is 10.6. The number of anilines is 2. The van der Waals surface area contributed by atoms with Gasteiger partial charge in [-0.05, 0) is 35.9 Å². The predicted molar refractivity (Wildman–Crippen MR) is 132 cm³/mol. The molecule has 4 N–H and O–H groups in total. The third kappa shape index (κ3) is 4.62. The summed E-state index contributed by atoms with van der Waals surface area (Å²) in [6.45, 7) is 0. The van der Waals surface area contributed by atoms with Crippen LogP contribution in [0.15, 0.2) is 82.1 Å². The topological polar surface area (TPSA) is 157 Å². The molecule has 0 fully saturated rings. The van der Waals surface area contributed by atoms with Crippen molar-refractivity contribution < 1.29 is 14.1 Å². The number of hydrogen-bond donors (Lipinski definition) is 4. The van der Waals surface area contributed by atoms with E-state index in [-0.39, 0.29) is 23.8 Å². The van der Waals surface area contributed by atoms with Gasteiger partial charge in [-0.3, -0.25) is 19.1 Å². The van der Waals surface area contributed by atoms with Gasteiger partial charge in [0.15, 0.2) is 5.82 Å². The number of benzene rings is 3. The number of aromatic nitrogens is 3. The Hall–Kier alpha value is -5.43. The Morgan fingerprint density at radius 3 is 2.53 bits per heavy atom. The Balaban J connectivity index is 1.40. The zero-order valence-corrected chi connectivity index (χ0v) is 18.7. The lowest BCUT2D eigenvalue weighted by Crippen LogP contribution is -2.15. The van der Waals surface area contributed by atoms with E-state index in [1.54, 1.807) is 18.2 Å². The Kier molecular flexibility index (Phi) is 5.86. The monoisotopic (exact) mass is 478 g/mol. The molecule has 0 spiro atoms. The Bertz CT molecular complexity index is 1690. The van der Waals surface area contributed by atoms with Crippen molar-refractivity contribution in [3.8, 4) is 17.5 Å². The number of amides is 2. The van der Waals surface area contributed by atoms with Gasteiger partial charge in [0, 0.05) is 10.9 Å². The summed E-state index contributed by atoms with van der Waals surface area (Å²) in [6.07, 6.45) is 0.219. The quantitative estimate of drug-likeness (QED) is 0.291. The first-order chi connectivity index (χ1) is 17.5. The highest BCUT2D eigenvalue weighted by Crippen LogP contribution is 2.28. The van der Waals surface area contributed by atoms with Gasteiger partial charge in [0.25, 0.3) is 5.91 Å². The maximum atomic E-state index is 13.1. The van der Waals surface area contributed by atoms with Crippen molar-refractivity contribution in [1.82, 2.24) is 15.1 Å². The summed E-state index contributed by atoms with van der Waals surface area (Å²) in [5.41, 5.74) is 3.24. The molecule has 0 aliphatic rings. The van der Waals surface area contributed by atoms with Gasteiger partial charge in [0.2, 0.25) is 5.91 Å². The predicted octanol–water partition coefficient (Wildman–Crippen LogP) is 3.82. The summed E-state index contributed by atoms with van der Waals surface area (Å²) < 4.78 is 4.56. The third-order valence-electron chi connectivity index (χ3n) is 5.47. The van der Waals surface area contributed by atoms with Crippen LogP contribution in [0.1, 0.15) is 21.6 Å². The maximum Gasteiger partial charge on any atom is 0.439 e. The molecule has 0 saturated carbocycles. The minimum absolute atomic E-state index is 0.0764. The lowest BCUT2D eigenvalue weighted by molar-refractivity contribution is -0.115. The molecule has 36 heavy (non-hydrogen) atoms. The van der Waals surface area contributed by atoms with Crippen LogP contribution >= 0.6 is 0 Å². The van der Waals surface area contributed by atoms with E-state index in [4.69, 9.17) is 0 Å². The van der Waals surface area contributed by atoms with Crippen molar-refractivity contribution >= 4 is 34.1 Å². The minimum Gasteiger partial charge on any atom is -0.349 e. The van der Waals surface area contributed by atoms with Gasteiger partial charge >= 0.3 is 5.76 Å². The van der Waals surface area contributed by atoms with Crippen molar-refractivity contribution in [3.63, 3.8) is 0 Å². The Labute approximate surface area is 203 Å². The minimum atomic E-state index is -0.762.